The van der Waals surface area contributed by atoms with Crippen molar-refractivity contribution in [3.63, 3.8) is 0 Å². The lowest BCUT2D eigenvalue weighted by atomic mass is 9.48. The minimum atomic E-state index is -4.76. The number of anilines is 3. The van der Waals surface area contributed by atoms with Crippen LogP contribution in [0.15, 0.2) is 102 Å². The Morgan fingerprint density at radius 1 is 0.871 bits per heavy atom. The first-order valence-corrected chi connectivity index (χ1v) is 20.8. The number of rotatable bonds is 6. The molecule has 4 fully saturated rings. The monoisotopic (exact) mass is 885 g/mol. The van der Waals surface area contributed by atoms with Crippen LogP contribution in [0.5, 0.6) is 11.5 Å². The summed E-state index contributed by atoms with van der Waals surface area (Å²) in [6.45, 7) is 2.59. The number of pyridine rings is 1. The number of benzene rings is 3. The summed E-state index contributed by atoms with van der Waals surface area (Å²) in [7, 11) is 0. The maximum absolute atomic E-state index is 15.5. The average Bonchev–Trinajstić information content (AvgIpc) is 3.64. The van der Waals surface area contributed by atoms with Gasteiger partial charge in [-0.15, -0.1) is 0 Å². The summed E-state index contributed by atoms with van der Waals surface area (Å²) in [4.78, 5) is 67.0. The van der Waals surface area contributed by atoms with Gasteiger partial charge in [0.15, 0.2) is 5.82 Å². The van der Waals surface area contributed by atoms with E-state index in [1.54, 1.807) is 48.5 Å². The number of ether oxygens (including phenoxy) is 2. The number of fused-ring (bicyclic) bond motifs is 5. The molecule has 1 saturated carbocycles. The van der Waals surface area contributed by atoms with Gasteiger partial charge >= 0.3 is 6.18 Å². The van der Waals surface area contributed by atoms with Gasteiger partial charge in [-0.1, -0.05) is 47.0 Å². The van der Waals surface area contributed by atoms with Crippen LogP contribution in [0.4, 0.5) is 30.4 Å². The third-order valence-corrected chi connectivity index (χ3v) is 13.7. The smallest absolute Gasteiger partial charge is 0.417 e. The molecule has 12 nitrogen and oxygen atoms in total. The Hall–Kier alpha value is -5.90. The van der Waals surface area contributed by atoms with Crippen molar-refractivity contribution in [1.29, 1.82) is 0 Å². The molecule has 10 rings (SSSR count). The van der Waals surface area contributed by atoms with E-state index in [0.29, 0.717) is 77.3 Å². The van der Waals surface area contributed by atoms with Gasteiger partial charge < -0.3 is 19.5 Å². The minimum absolute atomic E-state index is 0.0170. The van der Waals surface area contributed by atoms with Crippen LogP contribution in [-0.2, 0) is 41.9 Å². The van der Waals surface area contributed by atoms with Gasteiger partial charge in [-0.2, -0.15) is 18.2 Å². The Bertz CT molecular complexity index is 2620. The number of halogens is 5. The Balaban J connectivity index is 1.09. The van der Waals surface area contributed by atoms with Crippen LogP contribution in [0.3, 0.4) is 0 Å². The van der Waals surface area contributed by atoms with Crippen molar-refractivity contribution in [3.05, 3.63) is 129 Å². The van der Waals surface area contributed by atoms with Gasteiger partial charge in [0.1, 0.15) is 11.5 Å². The summed E-state index contributed by atoms with van der Waals surface area (Å²) in [5.74, 6) is -6.73. The van der Waals surface area contributed by atoms with E-state index in [2.05, 4.69) is 15.3 Å². The molecule has 318 valence electrons. The molecule has 62 heavy (non-hydrogen) atoms. The number of aromatic nitrogens is 1. The molecule has 6 aliphatic rings. The molecular formula is C45H36Cl2F3N5O7. The fourth-order valence-electron chi connectivity index (χ4n) is 10.5. The zero-order valence-electron chi connectivity index (χ0n) is 32.6. The van der Waals surface area contributed by atoms with Crippen molar-refractivity contribution in [2.75, 3.05) is 41.5 Å². The van der Waals surface area contributed by atoms with Crippen LogP contribution in [0.2, 0.25) is 10.0 Å². The number of carbonyl (C=O) groups excluding carboxylic acids is 4. The van der Waals surface area contributed by atoms with Crippen LogP contribution < -0.4 is 20.0 Å². The first-order chi connectivity index (χ1) is 29.7. The molecule has 0 bridgehead atoms. The maximum atomic E-state index is 15.5. The van der Waals surface area contributed by atoms with Crippen molar-refractivity contribution < 1.29 is 46.9 Å². The number of carbonyl (C=O) groups is 4. The maximum Gasteiger partial charge on any atom is 0.417 e. The number of hydrogen-bond donors (Lipinski definition) is 2. The molecule has 1 aromatic heterocycles. The minimum Gasteiger partial charge on any atom is -0.508 e. The molecule has 0 unspecified atom stereocenters. The number of phenolic OH excluding ortho intramolecular Hbond substituents is 1. The zero-order chi connectivity index (χ0) is 43.2. The van der Waals surface area contributed by atoms with Crippen molar-refractivity contribution in [1.82, 2.24) is 9.99 Å². The number of alkyl halides is 3. The average molecular weight is 887 g/mol. The predicted molar refractivity (Wildman–Crippen MR) is 220 cm³/mol. The van der Waals surface area contributed by atoms with Gasteiger partial charge in [-0.25, -0.2) is 4.98 Å². The lowest BCUT2D eigenvalue weighted by Crippen LogP contribution is -2.55. The highest BCUT2D eigenvalue weighted by molar-refractivity contribution is 6.33. The summed E-state index contributed by atoms with van der Waals surface area (Å²) >= 11 is 12.7. The second-order valence-corrected chi connectivity index (χ2v) is 17.2. The quantitative estimate of drug-likeness (QED) is 0.148. The molecular weight excluding hydrogens is 850 g/mol. The van der Waals surface area contributed by atoms with E-state index in [-0.39, 0.29) is 36.7 Å². The Morgan fingerprint density at radius 3 is 2.31 bits per heavy atom. The number of hydrazine groups is 1. The largest absolute Gasteiger partial charge is 0.508 e. The third kappa shape index (κ3) is 6.26. The molecule has 2 aliphatic carbocycles. The summed E-state index contributed by atoms with van der Waals surface area (Å²) in [5, 5.41) is 11.1. The standard InChI is InChI=1S/C45H36Cl2F3N5O7/c46-27-3-1-25(2-4-27)44-34(41(58)55(43(44)60)52-39-35(47)19-26(21-51-39)45(48,49)50)20-33-31(38(44)24-17-23-18-30(56)9-12-36(23)62-22-24)10-11-32-37(33)42(59)54(40(32)57)29-7-5-28(6-8-29)53-13-15-61-16-14-53/h1-10,12,18-19,21-22,32-34,37-38,56H,11,13-17,20H2,(H,51,52)/t32-,33+,34-,37-,38-,44+/m0/s1. The lowest BCUT2D eigenvalue weighted by Gasteiger charge is -2.51. The molecule has 5 heterocycles. The van der Waals surface area contributed by atoms with Crippen molar-refractivity contribution in [3.8, 4) is 11.5 Å². The summed E-state index contributed by atoms with van der Waals surface area (Å²) < 4.78 is 52.4. The van der Waals surface area contributed by atoms with Gasteiger partial charge in [0.05, 0.1) is 58.9 Å². The summed E-state index contributed by atoms with van der Waals surface area (Å²) in [5.41, 5.74) is 3.36. The lowest BCUT2D eigenvalue weighted by molar-refractivity contribution is -0.139. The molecule has 4 aliphatic heterocycles. The second-order valence-electron chi connectivity index (χ2n) is 16.3. The van der Waals surface area contributed by atoms with Crippen LogP contribution >= 0.6 is 23.2 Å². The van der Waals surface area contributed by atoms with Crippen LogP contribution in [0.1, 0.15) is 29.5 Å². The Morgan fingerprint density at radius 2 is 1.60 bits per heavy atom. The first kappa shape index (κ1) is 40.2. The van der Waals surface area contributed by atoms with E-state index in [1.807, 2.05) is 18.2 Å². The first-order valence-electron chi connectivity index (χ1n) is 20.1. The predicted octanol–water partition coefficient (Wildman–Crippen LogP) is 7.49. The zero-order valence-corrected chi connectivity index (χ0v) is 34.1. The molecule has 0 radical (unpaired) electrons. The van der Waals surface area contributed by atoms with E-state index >= 15 is 9.59 Å². The van der Waals surface area contributed by atoms with Gasteiger partial charge in [0.25, 0.3) is 11.8 Å². The second kappa shape index (κ2) is 14.9. The van der Waals surface area contributed by atoms with Crippen LogP contribution in [0, 0.1) is 29.6 Å². The number of phenols is 1. The van der Waals surface area contributed by atoms with Gasteiger partial charge in [-0.05, 0) is 90.6 Å². The number of amides is 4. The fourth-order valence-corrected chi connectivity index (χ4v) is 10.8. The Labute approximate surface area is 362 Å². The number of imide groups is 2. The van der Waals surface area contributed by atoms with E-state index in [0.717, 1.165) is 10.7 Å². The normalized spacial score (nSPS) is 26.9. The van der Waals surface area contributed by atoms with Gasteiger partial charge in [0, 0.05) is 47.9 Å². The number of morpholine rings is 1. The van der Waals surface area contributed by atoms with Crippen molar-refractivity contribution in [2.45, 2.75) is 30.9 Å². The van der Waals surface area contributed by atoms with Crippen molar-refractivity contribution in [2.24, 2.45) is 29.6 Å². The molecule has 4 amide bonds. The number of aromatic hydroxyl groups is 1. The van der Waals surface area contributed by atoms with Crippen molar-refractivity contribution >= 4 is 64.0 Å². The fraction of sp³-hybridized carbons (Fsp3) is 0.311. The molecule has 17 heteroatoms. The van der Waals surface area contributed by atoms with Gasteiger partial charge in [0.2, 0.25) is 11.8 Å². The summed E-state index contributed by atoms with van der Waals surface area (Å²) in [6, 6.07) is 19.1. The number of allylic oxidation sites excluding steroid dienone is 3. The molecule has 4 aromatic rings. The third-order valence-electron chi connectivity index (χ3n) is 13.2. The van der Waals surface area contributed by atoms with Crippen LogP contribution in [-0.4, -0.2) is 65.0 Å². The highest BCUT2D eigenvalue weighted by Crippen LogP contribution is 2.63. The van der Waals surface area contributed by atoms with Gasteiger partial charge in [-0.3, -0.25) is 29.5 Å². The van der Waals surface area contributed by atoms with E-state index < -0.39 is 69.5 Å². The van der Waals surface area contributed by atoms with E-state index in [1.165, 1.54) is 17.2 Å². The molecule has 6 atom stereocenters. The van der Waals surface area contributed by atoms with E-state index in [4.69, 9.17) is 32.7 Å². The molecule has 2 N–H and O–H groups in total. The number of hydrogen-bond acceptors (Lipinski definition) is 10. The molecule has 3 aromatic carbocycles. The van der Waals surface area contributed by atoms with Crippen LogP contribution in [0.25, 0.3) is 0 Å². The summed E-state index contributed by atoms with van der Waals surface area (Å²) in [6.07, 6.45) is -0.486. The highest BCUT2D eigenvalue weighted by Gasteiger charge is 2.71. The SMILES string of the molecule is O=C1[C@@H]2C[C@@H]3C(=CC[C@@H]4C(=O)N(c5ccc(N6CCOCC6)cc5)C(=O)[C@@H]43)[C@H](C3=COc4ccc(O)cc4C3)[C@]2(c2ccc(Cl)cc2)C(=O)N1Nc1ncc(C(F)(F)F)cc1Cl. The van der Waals surface area contributed by atoms with E-state index in [9.17, 15) is 27.9 Å². The number of nitrogens with one attached hydrogen (secondary N) is 1. The number of nitrogens with zero attached hydrogens (tertiary/aromatic N) is 4. The topological polar surface area (TPSA) is 142 Å². The Kier molecular flexibility index (Phi) is 9.65. The molecule has 3 saturated heterocycles. The highest BCUT2D eigenvalue weighted by atomic mass is 35.5. The molecule has 0 spiro atoms.